The fourth-order valence-electron chi connectivity index (χ4n) is 1.33. The van der Waals surface area contributed by atoms with Gasteiger partial charge in [0.25, 0.3) is 0 Å². The monoisotopic (exact) mass is 257 g/mol. The Balaban J connectivity index is 2.52. The Bertz CT molecular complexity index is 457. The number of anilines is 1. The van der Waals surface area contributed by atoms with Crippen LogP contribution in [0.4, 0.5) is 5.69 Å². The molecule has 0 bridgehead atoms. The summed E-state index contributed by atoms with van der Waals surface area (Å²) in [7, 11) is -3.06. The molecule has 0 saturated heterocycles. The quantitative estimate of drug-likeness (QED) is 0.790. The van der Waals surface area contributed by atoms with E-state index in [1.807, 2.05) is 6.92 Å². The number of sulfone groups is 1. The highest BCUT2D eigenvalue weighted by molar-refractivity contribution is 7.92. The van der Waals surface area contributed by atoms with Crippen LogP contribution in [-0.4, -0.2) is 26.0 Å². The normalized spacial score (nSPS) is 13.3. The third-order valence-electron chi connectivity index (χ3n) is 2.73. The summed E-state index contributed by atoms with van der Waals surface area (Å²) in [6.07, 6.45) is 0.621. The summed E-state index contributed by atoms with van der Waals surface area (Å²) in [5, 5.41) is -0.320. The predicted octanol–water partition coefficient (Wildman–Crippen LogP) is 1.86. The van der Waals surface area contributed by atoms with Gasteiger partial charge >= 0.3 is 0 Å². The van der Waals surface area contributed by atoms with Gasteiger partial charge in [0.05, 0.1) is 16.7 Å². The molecular formula is C12H19NO3S. The van der Waals surface area contributed by atoms with Gasteiger partial charge in [-0.25, -0.2) is 8.42 Å². The lowest BCUT2D eigenvalue weighted by Crippen LogP contribution is -2.24. The van der Waals surface area contributed by atoms with Gasteiger partial charge in [-0.3, -0.25) is 0 Å². The Morgan fingerprint density at radius 1 is 1.35 bits per heavy atom. The van der Waals surface area contributed by atoms with Crippen LogP contribution in [0.25, 0.3) is 0 Å². The van der Waals surface area contributed by atoms with E-state index < -0.39 is 9.84 Å². The minimum absolute atomic E-state index is 0.0241. The fourth-order valence-corrected chi connectivity index (χ4v) is 2.56. The number of hydrogen-bond donors (Lipinski definition) is 1. The van der Waals surface area contributed by atoms with E-state index in [-0.39, 0.29) is 17.6 Å². The lowest BCUT2D eigenvalue weighted by Gasteiger charge is -2.12. The van der Waals surface area contributed by atoms with Crippen molar-refractivity contribution in [1.29, 1.82) is 0 Å². The van der Waals surface area contributed by atoms with Crippen LogP contribution in [0.15, 0.2) is 24.3 Å². The van der Waals surface area contributed by atoms with Crippen molar-refractivity contribution in [2.75, 3.05) is 18.1 Å². The second-order valence-electron chi connectivity index (χ2n) is 3.97. The zero-order chi connectivity index (χ0) is 12.9. The molecule has 2 N–H and O–H groups in total. The molecule has 1 unspecified atom stereocenters. The molecule has 0 aliphatic carbocycles. The maximum absolute atomic E-state index is 11.7. The van der Waals surface area contributed by atoms with Gasteiger partial charge in [-0.2, -0.15) is 0 Å². The molecule has 5 heteroatoms. The number of nitrogens with two attached hydrogens (primary N) is 1. The highest BCUT2D eigenvalue weighted by atomic mass is 32.2. The molecule has 17 heavy (non-hydrogen) atoms. The SMILES string of the molecule is CCC(C)S(=O)(=O)CCOc1ccccc1N. The molecule has 1 aromatic rings. The lowest BCUT2D eigenvalue weighted by atomic mass is 10.3. The van der Waals surface area contributed by atoms with Gasteiger partial charge in [-0.1, -0.05) is 19.1 Å². The zero-order valence-electron chi connectivity index (χ0n) is 10.2. The first-order valence-electron chi connectivity index (χ1n) is 5.66. The number of para-hydroxylation sites is 2. The summed E-state index contributed by atoms with van der Waals surface area (Å²) in [6.45, 7) is 3.71. The third-order valence-corrected chi connectivity index (χ3v) is 5.03. The van der Waals surface area contributed by atoms with Gasteiger partial charge in [0.2, 0.25) is 0 Å². The van der Waals surface area contributed by atoms with Gasteiger partial charge in [-0.05, 0) is 25.5 Å². The first kappa shape index (κ1) is 13.8. The van der Waals surface area contributed by atoms with E-state index in [1.165, 1.54) is 0 Å². The first-order chi connectivity index (χ1) is 7.97. The number of benzene rings is 1. The molecule has 0 amide bonds. The van der Waals surface area contributed by atoms with Crippen molar-refractivity contribution in [2.45, 2.75) is 25.5 Å². The van der Waals surface area contributed by atoms with Crippen LogP contribution < -0.4 is 10.5 Å². The van der Waals surface area contributed by atoms with Crippen molar-refractivity contribution in [3.63, 3.8) is 0 Å². The van der Waals surface area contributed by atoms with E-state index in [4.69, 9.17) is 10.5 Å². The Morgan fingerprint density at radius 2 is 2.00 bits per heavy atom. The predicted molar refractivity (Wildman–Crippen MR) is 69.9 cm³/mol. The lowest BCUT2D eigenvalue weighted by molar-refractivity contribution is 0.342. The number of nitrogen functional groups attached to an aromatic ring is 1. The van der Waals surface area contributed by atoms with Crippen LogP contribution in [0.1, 0.15) is 20.3 Å². The summed E-state index contributed by atoms with van der Waals surface area (Å²) in [6, 6.07) is 7.05. The standard InChI is InChI=1S/C12H19NO3S/c1-3-10(2)17(14,15)9-8-16-12-7-5-4-6-11(12)13/h4-7,10H,3,8-9,13H2,1-2H3. The highest BCUT2D eigenvalue weighted by Crippen LogP contribution is 2.19. The van der Waals surface area contributed by atoms with E-state index in [0.717, 1.165) is 0 Å². The molecule has 0 aliphatic rings. The van der Waals surface area contributed by atoms with E-state index in [2.05, 4.69) is 0 Å². The molecule has 0 spiro atoms. The van der Waals surface area contributed by atoms with Crippen LogP contribution in [0, 0.1) is 0 Å². The Morgan fingerprint density at radius 3 is 2.59 bits per heavy atom. The molecule has 96 valence electrons. The largest absolute Gasteiger partial charge is 0.490 e. The highest BCUT2D eigenvalue weighted by Gasteiger charge is 2.18. The average Bonchev–Trinajstić information content (AvgIpc) is 2.30. The van der Waals surface area contributed by atoms with Crippen LogP contribution in [-0.2, 0) is 9.84 Å². The molecular weight excluding hydrogens is 238 g/mol. The first-order valence-corrected chi connectivity index (χ1v) is 7.37. The molecule has 0 saturated carbocycles. The molecule has 0 aromatic heterocycles. The van der Waals surface area contributed by atoms with Crippen molar-refractivity contribution in [1.82, 2.24) is 0 Å². The van der Waals surface area contributed by atoms with Crippen molar-refractivity contribution in [2.24, 2.45) is 0 Å². The van der Waals surface area contributed by atoms with Crippen LogP contribution in [0.2, 0.25) is 0 Å². The van der Waals surface area contributed by atoms with Crippen LogP contribution >= 0.6 is 0 Å². The maximum Gasteiger partial charge on any atom is 0.156 e. The number of hydrogen-bond acceptors (Lipinski definition) is 4. The average molecular weight is 257 g/mol. The molecule has 1 rings (SSSR count). The Hall–Kier alpha value is -1.23. The Kier molecular flexibility index (Phi) is 4.81. The number of ether oxygens (including phenoxy) is 1. The van der Waals surface area contributed by atoms with Gasteiger partial charge in [0.1, 0.15) is 12.4 Å². The van der Waals surface area contributed by atoms with E-state index >= 15 is 0 Å². The van der Waals surface area contributed by atoms with Gasteiger partial charge < -0.3 is 10.5 Å². The van der Waals surface area contributed by atoms with Gasteiger partial charge in [-0.15, -0.1) is 0 Å². The van der Waals surface area contributed by atoms with Crippen LogP contribution in [0.3, 0.4) is 0 Å². The maximum atomic E-state index is 11.7. The molecule has 0 heterocycles. The van der Waals surface area contributed by atoms with Crippen LogP contribution in [0.5, 0.6) is 5.75 Å². The minimum atomic E-state index is -3.06. The molecule has 0 radical (unpaired) electrons. The second-order valence-corrected chi connectivity index (χ2v) is 6.51. The summed E-state index contributed by atoms with van der Waals surface area (Å²) in [5.74, 6) is 0.558. The van der Waals surface area contributed by atoms with E-state index in [0.29, 0.717) is 17.9 Å². The summed E-state index contributed by atoms with van der Waals surface area (Å²) < 4.78 is 28.8. The zero-order valence-corrected chi connectivity index (χ0v) is 11.0. The van der Waals surface area contributed by atoms with E-state index in [9.17, 15) is 8.42 Å². The summed E-state index contributed by atoms with van der Waals surface area (Å²) in [5.41, 5.74) is 6.20. The molecule has 0 fully saturated rings. The van der Waals surface area contributed by atoms with Crippen molar-refractivity contribution >= 4 is 15.5 Å². The topological polar surface area (TPSA) is 69.4 Å². The summed E-state index contributed by atoms with van der Waals surface area (Å²) in [4.78, 5) is 0. The molecule has 1 atom stereocenters. The van der Waals surface area contributed by atoms with Gasteiger partial charge in [0, 0.05) is 0 Å². The fraction of sp³-hybridized carbons (Fsp3) is 0.500. The smallest absolute Gasteiger partial charge is 0.156 e. The molecule has 0 aliphatic heterocycles. The van der Waals surface area contributed by atoms with Crippen molar-refractivity contribution < 1.29 is 13.2 Å². The van der Waals surface area contributed by atoms with E-state index in [1.54, 1.807) is 31.2 Å². The second kappa shape index (κ2) is 5.91. The third kappa shape index (κ3) is 3.93. The summed E-state index contributed by atoms with van der Waals surface area (Å²) >= 11 is 0. The van der Waals surface area contributed by atoms with Gasteiger partial charge in [0.15, 0.2) is 9.84 Å². The van der Waals surface area contributed by atoms with Crippen molar-refractivity contribution in [3.8, 4) is 5.75 Å². The van der Waals surface area contributed by atoms with Crippen molar-refractivity contribution in [3.05, 3.63) is 24.3 Å². The minimum Gasteiger partial charge on any atom is -0.490 e. The number of rotatable bonds is 6. The Labute approximate surface area is 103 Å². The molecule has 1 aromatic carbocycles. The molecule has 4 nitrogen and oxygen atoms in total.